The van der Waals surface area contributed by atoms with E-state index in [1.54, 1.807) is 27.0 Å². The summed E-state index contributed by atoms with van der Waals surface area (Å²) in [6.45, 7) is 5.73. The van der Waals surface area contributed by atoms with Crippen molar-refractivity contribution in [1.82, 2.24) is 9.88 Å². The minimum Gasteiger partial charge on any atom is -0.496 e. The van der Waals surface area contributed by atoms with E-state index < -0.39 is 30.0 Å². The fourth-order valence-corrected chi connectivity index (χ4v) is 6.52. The van der Waals surface area contributed by atoms with Crippen molar-refractivity contribution in [2.45, 2.75) is 70.3 Å². The van der Waals surface area contributed by atoms with E-state index in [-0.39, 0.29) is 24.0 Å². The van der Waals surface area contributed by atoms with Crippen LogP contribution in [-0.4, -0.2) is 54.8 Å². The SMILES string of the molecule is CCOC(=O)C[C@@H]1CCc2cc(OC)c(-c3ccc(N4CCC4)nc3CN3C(=O)O[C@H](c4cccc(C(F)(F)F)c4)[C@@H]3C)cc21. The predicted molar refractivity (Wildman–Crippen MR) is 161 cm³/mol. The molecule has 2 fully saturated rings. The first-order chi connectivity index (χ1) is 21.6. The lowest BCUT2D eigenvalue weighted by atomic mass is 9.92. The summed E-state index contributed by atoms with van der Waals surface area (Å²) in [6.07, 6.45) is -3.01. The number of halogens is 3. The second-order valence-corrected chi connectivity index (χ2v) is 11.8. The number of cyclic esters (lactones) is 1. The summed E-state index contributed by atoms with van der Waals surface area (Å²) in [5.74, 6) is 1.23. The molecule has 2 aromatic carbocycles. The van der Waals surface area contributed by atoms with Gasteiger partial charge in [0.1, 0.15) is 17.7 Å². The normalized spacial score (nSPS) is 20.9. The molecule has 0 radical (unpaired) electrons. The van der Waals surface area contributed by atoms with Crippen molar-refractivity contribution < 1.29 is 37.0 Å². The van der Waals surface area contributed by atoms with Crippen LogP contribution in [0.4, 0.5) is 23.8 Å². The summed E-state index contributed by atoms with van der Waals surface area (Å²) in [4.78, 5) is 34.3. The van der Waals surface area contributed by atoms with Crippen LogP contribution in [0.15, 0.2) is 48.5 Å². The molecule has 2 saturated heterocycles. The number of benzene rings is 2. The number of carbonyl (C=O) groups excluding carboxylic acids is 2. The molecule has 2 aliphatic heterocycles. The van der Waals surface area contributed by atoms with Crippen molar-refractivity contribution in [3.05, 3.63) is 76.5 Å². The summed E-state index contributed by atoms with van der Waals surface area (Å²) in [5, 5.41) is 0. The number of fused-ring (bicyclic) bond motifs is 1. The third-order valence-corrected chi connectivity index (χ3v) is 9.07. The maximum Gasteiger partial charge on any atom is 0.416 e. The van der Waals surface area contributed by atoms with Crippen LogP contribution in [0.2, 0.25) is 0 Å². The van der Waals surface area contributed by atoms with Gasteiger partial charge in [0.05, 0.1) is 44.0 Å². The van der Waals surface area contributed by atoms with E-state index in [1.165, 1.54) is 11.0 Å². The fourth-order valence-electron chi connectivity index (χ4n) is 6.52. The van der Waals surface area contributed by atoms with Gasteiger partial charge >= 0.3 is 18.2 Å². The summed E-state index contributed by atoms with van der Waals surface area (Å²) < 4.78 is 57.0. The number of rotatable bonds is 9. The van der Waals surface area contributed by atoms with Crippen molar-refractivity contribution in [2.75, 3.05) is 31.7 Å². The maximum absolute atomic E-state index is 13.4. The van der Waals surface area contributed by atoms with Gasteiger partial charge in [0.15, 0.2) is 0 Å². The number of aryl methyl sites for hydroxylation is 1. The van der Waals surface area contributed by atoms with Crippen molar-refractivity contribution in [2.24, 2.45) is 0 Å². The number of anilines is 1. The van der Waals surface area contributed by atoms with Gasteiger partial charge in [-0.25, -0.2) is 9.78 Å². The Morgan fingerprint density at radius 1 is 1.11 bits per heavy atom. The molecule has 0 unspecified atom stereocenters. The van der Waals surface area contributed by atoms with Gasteiger partial charge in [-0.1, -0.05) is 12.1 Å². The molecule has 1 aliphatic carbocycles. The number of amides is 1. The third kappa shape index (κ3) is 6.04. The van der Waals surface area contributed by atoms with Crippen LogP contribution in [0.3, 0.4) is 0 Å². The molecule has 238 valence electrons. The second kappa shape index (κ2) is 12.3. The summed E-state index contributed by atoms with van der Waals surface area (Å²) in [5.41, 5.74) is 3.85. The van der Waals surface area contributed by atoms with Crippen molar-refractivity contribution in [1.29, 1.82) is 0 Å². The number of aromatic nitrogens is 1. The minimum atomic E-state index is -4.51. The maximum atomic E-state index is 13.4. The molecule has 0 N–H and O–H groups in total. The van der Waals surface area contributed by atoms with Crippen LogP contribution < -0.4 is 9.64 Å². The monoisotopic (exact) mass is 623 g/mol. The Hall–Kier alpha value is -4.28. The highest BCUT2D eigenvalue weighted by molar-refractivity contribution is 5.78. The summed E-state index contributed by atoms with van der Waals surface area (Å²) in [7, 11) is 1.61. The predicted octanol–water partition coefficient (Wildman–Crippen LogP) is 7.05. The van der Waals surface area contributed by atoms with E-state index in [0.717, 1.165) is 72.6 Å². The molecule has 3 aliphatic rings. The smallest absolute Gasteiger partial charge is 0.416 e. The molecule has 6 rings (SSSR count). The van der Waals surface area contributed by atoms with Gasteiger partial charge in [-0.2, -0.15) is 13.2 Å². The molecule has 0 spiro atoms. The number of nitrogens with zero attached hydrogens (tertiary/aromatic N) is 3. The lowest BCUT2D eigenvalue weighted by Crippen LogP contribution is -2.38. The highest BCUT2D eigenvalue weighted by Crippen LogP contribution is 2.44. The van der Waals surface area contributed by atoms with Crippen LogP contribution >= 0.6 is 0 Å². The highest BCUT2D eigenvalue weighted by Gasteiger charge is 2.41. The average molecular weight is 624 g/mol. The van der Waals surface area contributed by atoms with Crippen LogP contribution in [0.25, 0.3) is 11.1 Å². The number of methoxy groups -OCH3 is 1. The molecule has 45 heavy (non-hydrogen) atoms. The minimum absolute atomic E-state index is 0.0160. The molecule has 3 aromatic rings. The standard InChI is InChI=1S/C34H36F3N3O5/c1-4-44-31(41)17-22-10-9-21-16-29(43-3)27(18-26(21)22)25-11-12-30(39-13-6-14-39)38-28(25)19-40-20(2)32(45-33(40)42)23-7-5-8-24(15-23)34(35,36)37/h5,7-8,11-12,15-16,18,20,22,32H,4,6,9-10,13-14,17,19H2,1-3H3/t20-,22-,32-/m0/s1. The Morgan fingerprint density at radius 3 is 2.60 bits per heavy atom. The molecular weight excluding hydrogens is 587 g/mol. The quantitative estimate of drug-likeness (QED) is 0.236. The molecule has 11 heteroatoms. The Labute approximate surface area is 260 Å². The van der Waals surface area contributed by atoms with Crippen molar-refractivity contribution >= 4 is 17.9 Å². The van der Waals surface area contributed by atoms with Gasteiger partial charge in [-0.05, 0) is 92.1 Å². The Bertz CT molecular complexity index is 1610. The van der Waals surface area contributed by atoms with Crippen molar-refractivity contribution in [3.8, 4) is 16.9 Å². The number of hydrogen-bond acceptors (Lipinski definition) is 7. The van der Waals surface area contributed by atoms with Gasteiger partial charge in [0.25, 0.3) is 0 Å². The summed E-state index contributed by atoms with van der Waals surface area (Å²) >= 11 is 0. The first-order valence-electron chi connectivity index (χ1n) is 15.3. The van der Waals surface area contributed by atoms with Gasteiger partial charge in [-0.3, -0.25) is 9.69 Å². The first kappa shape index (κ1) is 30.7. The second-order valence-electron chi connectivity index (χ2n) is 11.8. The lowest BCUT2D eigenvalue weighted by molar-refractivity contribution is -0.143. The van der Waals surface area contributed by atoms with E-state index in [4.69, 9.17) is 19.2 Å². The highest BCUT2D eigenvalue weighted by atomic mass is 19.4. The number of pyridine rings is 1. The molecular formula is C34H36F3N3O5. The molecule has 3 heterocycles. The zero-order valence-corrected chi connectivity index (χ0v) is 25.5. The third-order valence-electron chi connectivity index (χ3n) is 9.07. The zero-order chi connectivity index (χ0) is 31.9. The topological polar surface area (TPSA) is 81.2 Å². The Morgan fingerprint density at radius 2 is 1.91 bits per heavy atom. The van der Waals surface area contributed by atoms with Crippen LogP contribution in [-0.2, 0) is 33.4 Å². The Kier molecular flexibility index (Phi) is 8.37. The van der Waals surface area contributed by atoms with E-state index in [0.29, 0.717) is 24.5 Å². The number of alkyl halides is 3. The molecule has 8 nitrogen and oxygen atoms in total. The molecule has 0 saturated carbocycles. The fraction of sp³-hybridized carbons (Fsp3) is 0.441. The van der Waals surface area contributed by atoms with E-state index in [1.807, 2.05) is 18.2 Å². The molecule has 3 atom stereocenters. The van der Waals surface area contributed by atoms with Crippen LogP contribution in [0.5, 0.6) is 5.75 Å². The lowest BCUT2D eigenvalue weighted by Gasteiger charge is -2.33. The molecule has 1 amide bonds. The number of ether oxygens (including phenoxy) is 3. The Balaban J connectivity index is 1.36. The molecule has 0 bridgehead atoms. The van der Waals surface area contributed by atoms with Gasteiger partial charge in [0.2, 0.25) is 0 Å². The van der Waals surface area contributed by atoms with Gasteiger partial charge in [-0.15, -0.1) is 0 Å². The largest absolute Gasteiger partial charge is 0.496 e. The summed E-state index contributed by atoms with van der Waals surface area (Å²) in [6, 6.07) is 12.4. The van der Waals surface area contributed by atoms with E-state index in [9.17, 15) is 22.8 Å². The van der Waals surface area contributed by atoms with Crippen molar-refractivity contribution in [3.63, 3.8) is 0 Å². The average Bonchev–Trinajstić information content (AvgIpc) is 3.50. The number of esters is 1. The number of hydrogen-bond donors (Lipinski definition) is 0. The number of carbonyl (C=O) groups is 2. The van der Waals surface area contributed by atoms with Gasteiger partial charge in [0, 0.05) is 24.2 Å². The van der Waals surface area contributed by atoms with E-state index >= 15 is 0 Å². The zero-order valence-electron chi connectivity index (χ0n) is 25.5. The van der Waals surface area contributed by atoms with E-state index in [2.05, 4.69) is 11.0 Å². The molecule has 1 aromatic heterocycles. The van der Waals surface area contributed by atoms with Crippen LogP contribution in [0, 0.1) is 0 Å². The van der Waals surface area contributed by atoms with Gasteiger partial charge < -0.3 is 19.1 Å². The van der Waals surface area contributed by atoms with Crippen LogP contribution in [0.1, 0.15) is 73.1 Å². The first-order valence-corrected chi connectivity index (χ1v) is 15.3.